The summed E-state index contributed by atoms with van der Waals surface area (Å²) in [4.78, 5) is 28.5. The van der Waals surface area contributed by atoms with E-state index >= 15 is 0 Å². The maximum atomic E-state index is 13.8. The number of halogens is 1. The Morgan fingerprint density at radius 2 is 1.65 bits per heavy atom. The summed E-state index contributed by atoms with van der Waals surface area (Å²) in [7, 11) is -8.51. The molecule has 0 saturated carbocycles. The molecule has 16 heteroatoms. The number of fused-ring (bicyclic) bond motifs is 1. The molecule has 0 bridgehead atoms. The molecule has 2 aliphatic rings. The van der Waals surface area contributed by atoms with Gasteiger partial charge in [-0.1, -0.05) is 30.7 Å². The minimum atomic E-state index is -4.25. The second kappa shape index (κ2) is 14.6. The number of benzene rings is 1. The standard InChI is InChI=1S/C27H39ClN6O7S2/c1-20-2-7-24-25(20)26(31-19-30-24)33-10-12-34(13-11-33)27(35)23(21-3-5-22(28)6-4-21)18-29-8-9-32(14-16-42(36,37)38)15-17-43(39,40)41/h3-6,19-20,23,29H,2,7-18H2,1H3,(H,36,37,38)(H,39,40,41). The average molecular weight is 659 g/mol. The summed E-state index contributed by atoms with van der Waals surface area (Å²) < 4.78 is 63.1. The van der Waals surface area contributed by atoms with Crippen LogP contribution in [0.5, 0.6) is 0 Å². The number of hydrogen-bond donors (Lipinski definition) is 3. The van der Waals surface area contributed by atoms with Gasteiger partial charge in [0.1, 0.15) is 12.1 Å². The van der Waals surface area contributed by atoms with Gasteiger partial charge in [0.05, 0.1) is 17.4 Å². The van der Waals surface area contributed by atoms with Crippen molar-refractivity contribution in [2.45, 2.75) is 31.6 Å². The Morgan fingerprint density at radius 3 is 2.26 bits per heavy atom. The third kappa shape index (κ3) is 9.80. The molecule has 2 aromatic rings. The van der Waals surface area contributed by atoms with Crippen LogP contribution < -0.4 is 10.2 Å². The smallest absolute Gasteiger partial charge is 0.266 e. The van der Waals surface area contributed by atoms with Crippen molar-refractivity contribution in [3.8, 4) is 0 Å². The third-order valence-electron chi connectivity index (χ3n) is 8.00. The largest absolute Gasteiger partial charge is 0.353 e. The number of rotatable bonds is 14. The summed E-state index contributed by atoms with van der Waals surface area (Å²) in [6.07, 6.45) is 3.64. The molecule has 238 valence electrons. The number of carbonyl (C=O) groups excluding carboxylic acids is 1. The normalized spacial score (nSPS) is 18.2. The SMILES string of the molecule is CC1CCc2ncnc(N3CCN(C(=O)C(CNCCN(CCS(=O)(=O)O)CCS(=O)(=O)O)c4ccc(Cl)cc4)CC3)c21. The van der Waals surface area contributed by atoms with E-state index in [1.807, 2.05) is 17.0 Å². The van der Waals surface area contributed by atoms with E-state index in [0.29, 0.717) is 43.7 Å². The molecule has 2 atom stereocenters. The van der Waals surface area contributed by atoms with Crippen LogP contribution >= 0.6 is 11.6 Å². The van der Waals surface area contributed by atoms with Gasteiger partial charge < -0.3 is 15.1 Å². The van der Waals surface area contributed by atoms with E-state index in [9.17, 15) is 21.6 Å². The van der Waals surface area contributed by atoms with Crippen molar-refractivity contribution in [2.75, 3.05) is 75.3 Å². The highest BCUT2D eigenvalue weighted by Crippen LogP contribution is 2.37. The van der Waals surface area contributed by atoms with Gasteiger partial charge in [-0.25, -0.2) is 9.97 Å². The Bertz CT molecular complexity index is 1430. The molecule has 13 nitrogen and oxygen atoms in total. The highest BCUT2D eigenvalue weighted by atomic mass is 35.5. The van der Waals surface area contributed by atoms with Gasteiger partial charge in [-0.3, -0.25) is 18.8 Å². The topological polar surface area (TPSA) is 173 Å². The Labute approximate surface area is 258 Å². The first-order valence-electron chi connectivity index (χ1n) is 14.3. The molecule has 4 rings (SSSR count). The van der Waals surface area contributed by atoms with E-state index in [1.165, 1.54) is 10.5 Å². The Hall–Kier alpha value is -2.40. The highest BCUT2D eigenvalue weighted by Gasteiger charge is 2.32. The van der Waals surface area contributed by atoms with E-state index in [0.717, 1.165) is 29.9 Å². The molecule has 1 aliphatic heterocycles. The molecule has 1 aromatic heterocycles. The first-order chi connectivity index (χ1) is 20.3. The fourth-order valence-electron chi connectivity index (χ4n) is 5.58. The maximum Gasteiger partial charge on any atom is 0.266 e. The number of piperazine rings is 1. The van der Waals surface area contributed by atoms with Crippen molar-refractivity contribution in [3.63, 3.8) is 0 Å². The minimum absolute atomic E-state index is 0.0367. The number of hydrogen-bond acceptors (Lipinski definition) is 10. The van der Waals surface area contributed by atoms with Gasteiger partial charge in [-0.2, -0.15) is 16.8 Å². The number of aryl methyl sites for hydroxylation is 1. The number of nitrogens with zero attached hydrogens (tertiary/aromatic N) is 5. The molecule has 1 aromatic carbocycles. The van der Waals surface area contributed by atoms with Crippen LogP contribution in [0.15, 0.2) is 30.6 Å². The number of aromatic nitrogens is 2. The predicted molar refractivity (Wildman–Crippen MR) is 164 cm³/mol. The highest BCUT2D eigenvalue weighted by molar-refractivity contribution is 7.86. The molecule has 1 fully saturated rings. The summed E-state index contributed by atoms with van der Waals surface area (Å²) in [6, 6.07) is 7.11. The Balaban J connectivity index is 1.38. The zero-order valence-electron chi connectivity index (χ0n) is 24.1. The van der Waals surface area contributed by atoms with Gasteiger partial charge >= 0.3 is 0 Å². The minimum Gasteiger partial charge on any atom is -0.353 e. The first-order valence-corrected chi connectivity index (χ1v) is 17.9. The molecule has 1 aliphatic carbocycles. The van der Waals surface area contributed by atoms with Gasteiger partial charge in [-0.15, -0.1) is 0 Å². The van der Waals surface area contributed by atoms with Crippen LogP contribution in [-0.2, 0) is 31.5 Å². The fourth-order valence-corrected chi connectivity index (χ4v) is 6.69. The number of amides is 1. The molecule has 1 amide bonds. The van der Waals surface area contributed by atoms with Crippen LogP contribution in [0.1, 0.15) is 42.0 Å². The lowest BCUT2D eigenvalue weighted by molar-refractivity contribution is -0.133. The van der Waals surface area contributed by atoms with Gasteiger partial charge in [-0.05, 0) is 36.5 Å². The molecule has 0 spiro atoms. The third-order valence-corrected chi connectivity index (χ3v) is 9.65. The Morgan fingerprint density at radius 1 is 1.02 bits per heavy atom. The molecule has 2 unspecified atom stereocenters. The number of anilines is 1. The van der Waals surface area contributed by atoms with Crippen LogP contribution in [-0.4, -0.2) is 122 Å². The number of nitrogens with one attached hydrogen (secondary N) is 1. The Kier molecular flexibility index (Phi) is 11.4. The lowest BCUT2D eigenvalue weighted by atomic mass is 9.97. The van der Waals surface area contributed by atoms with Crippen molar-refractivity contribution in [2.24, 2.45) is 0 Å². The monoisotopic (exact) mass is 658 g/mol. The van der Waals surface area contributed by atoms with Crippen molar-refractivity contribution in [1.29, 1.82) is 0 Å². The molecular formula is C27H39ClN6O7S2. The van der Waals surface area contributed by atoms with Gasteiger partial charge in [0, 0.05) is 75.2 Å². The molecule has 1 saturated heterocycles. The zero-order valence-corrected chi connectivity index (χ0v) is 26.5. The molecular weight excluding hydrogens is 620 g/mol. The van der Waals surface area contributed by atoms with E-state index in [2.05, 4.69) is 27.1 Å². The van der Waals surface area contributed by atoms with Crippen molar-refractivity contribution in [1.82, 2.24) is 25.1 Å². The van der Waals surface area contributed by atoms with Crippen molar-refractivity contribution >= 4 is 43.6 Å². The van der Waals surface area contributed by atoms with Crippen LogP contribution in [0.2, 0.25) is 5.02 Å². The summed E-state index contributed by atoms with van der Waals surface area (Å²) in [6.45, 7) is 5.16. The summed E-state index contributed by atoms with van der Waals surface area (Å²) in [5.41, 5.74) is 3.12. The van der Waals surface area contributed by atoms with Gasteiger partial charge in [0.2, 0.25) is 5.91 Å². The molecule has 2 heterocycles. The van der Waals surface area contributed by atoms with Gasteiger partial charge in [0.15, 0.2) is 0 Å². The van der Waals surface area contributed by atoms with Crippen molar-refractivity contribution in [3.05, 3.63) is 52.4 Å². The van der Waals surface area contributed by atoms with E-state index in [1.54, 1.807) is 18.5 Å². The zero-order chi connectivity index (χ0) is 31.2. The second-order valence-corrected chi connectivity index (χ2v) is 14.6. The lowest BCUT2D eigenvalue weighted by Crippen LogP contribution is -2.51. The van der Waals surface area contributed by atoms with Crippen LogP contribution in [0.25, 0.3) is 0 Å². The predicted octanol–water partition coefficient (Wildman–Crippen LogP) is 1.28. The van der Waals surface area contributed by atoms with E-state index in [-0.39, 0.29) is 32.1 Å². The molecule has 3 N–H and O–H groups in total. The van der Waals surface area contributed by atoms with E-state index in [4.69, 9.17) is 20.7 Å². The van der Waals surface area contributed by atoms with Crippen LogP contribution in [0, 0.1) is 0 Å². The van der Waals surface area contributed by atoms with E-state index < -0.39 is 37.7 Å². The second-order valence-electron chi connectivity index (χ2n) is 11.0. The fraction of sp³-hybridized carbons (Fsp3) is 0.593. The first kappa shape index (κ1) is 33.5. The summed E-state index contributed by atoms with van der Waals surface area (Å²) in [5.74, 6) is -0.337. The van der Waals surface area contributed by atoms with Crippen LogP contribution in [0.3, 0.4) is 0 Å². The van der Waals surface area contributed by atoms with Gasteiger partial charge in [0.25, 0.3) is 20.2 Å². The summed E-state index contributed by atoms with van der Waals surface area (Å²) in [5, 5.41) is 3.79. The molecule has 43 heavy (non-hydrogen) atoms. The quantitative estimate of drug-likeness (QED) is 0.196. The van der Waals surface area contributed by atoms with Crippen LogP contribution in [0.4, 0.5) is 5.82 Å². The average Bonchev–Trinajstić information content (AvgIpc) is 3.34. The summed E-state index contributed by atoms with van der Waals surface area (Å²) >= 11 is 6.10. The number of carbonyl (C=O) groups is 1. The molecule has 0 radical (unpaired) electrons. The maximum absolute atomic E-state index is 13.8. The lowest BCUT2D eigenvalue weighted by Gasteiger charge is -2.38. The van der Waals surface area contributed by atoms with Crippen molar-refractivity contribution < 1.29 is 30.7 Å².